The zero-order chi connectivity index (χ0) is 11.8. The lowest BCUT2D eigenvalue weighted by Crippen LogP contribution is -2.40. The number of aromatic amines is 1. The molecule has 2 N–H and O–H groups in total. The minimum absolute atomic E-state index is 0.0412. The van der Waals surface area contributed by atoms with Crippen LogP contribution in [0.4, 0.5) is 13.2 Å². The zero-order valence-electron chi connectivity index (χ0n) is 8.17. The van der Waals surface area contributed by atoms with Crippen LogP contribution in [-0.4, -0.2) is 22.9 Å². The molecule has 0 aromatic carbocycles. The van der Waals surface area contributed by atoms with E-state index in [1.807, 2.05) is 0 Å². The van der Waals surface area contributed by atoms with Crippen LogP contribution >= 0.6 is 23.6 Å². The van der Waals surface area contributed by atoms with Gasteiger partial charge in [-0.1, -0.05) is 11.3 Å². The second-order valence-corrected chi connectivity index (χ2v) is 5.43. The van der Waals surface area contributed by atoms with Crippen LogP contribution in [0.3, 0.4) is 0 Å². The predicted octanol–water partition coefficient (Wildman–Crippen LogP) is 2.80. The van der Waals surface area contributed by atoms with E-state index in [9.17, 15) is 13.2 Å². The summed E-state index contributed by atoms with van der Waals surface area (Å²) >= 11 is 6.18. The minimum Gasteiger partial charge on any atom is -0.307 e. The molecule has 0 bridgehead atoms. The largest absolute Gasteiger partial charge is 0.393 e. The summed E-state index contributed by atoms with van der Waals surface area (Å²) in [4.78, 5) is 0. The van der Waals surface area contributed by atoms with Crippen molar-refractivity contribution in [1.29, 1.82) is 0 Å². The van der Waals surface area contributed by atoms with Crippen molar-refractivity contribution in [1.82, 2.24) is 15.5 Å². The van der Waals surface area contributed by atoms with Crippen molar-refractivity contribution in [2.24, 2.45) is 5.92 Å². The Morgan fingerprint density at radius 3 is 2.56 bits per heavy atom. The maximum absolute atomic E-state index is 12.4. The molecule has 1 aliphatic rings. The van der Waals surface area contributed by atoms with E-state index in [0.717, 1.165) is 5.01 Å². The van der Waals surface area contributed by atoms with Gasteiger partial charge in [-0.05, 0) is 25.1 Å². The van der Waals surface area contributed by atoms with Crippen LogP contribution in [0.2, 0.25) is 0 Å². The second-order valence-electron chi connectivity index (χ2n) is 3.73. The van der Waals surface area contributed by atoms with E-state index in [1.165, 1.54) is 11.3 Å². The molecule has 1 aromatic rings. The van der Waals surface area contributed by atoms with Crippen molar-refractivity contribution in [3.05, 3.63) is 8.96 Å². The quantitative estimate of drug-likeness (QED) is 0.770. The molecule has 0 spiro atoms. The number of piperidine rings is 1. The highest BCUT2D eigenvalue weighted by Crippen LogP contribution is 2.35. The van der Waals surface area contributed by atoms with E-state index in [1.54, 1.807) is 0 Å². The molecule has 3 nitrogen and oxygen atoms in total. The molecule has 16 heavy (non-hydrogen) atoms. The maximum atomic E-state index is 12.4. The van der Waals surface area contributed by atoms with Gasteiger partial charge in [-0.15, -0.1) is 0 Å². The molecule has 2 rings (SSSR count). The fourth-order valence-electron chi connectivity index (χ4n) is 1.74. The topological polar surface area (TPSA) is 40.7 Å². The Bertz CT molecular complexity index is 403. The summed E-state index contributed by atoms with van der Waals surface area (Å²) in [6.07, 6.45) is -3.51. The smallest absolute Gasteiger partial charge is 0.307 e. The molecule has 1 saturated heterocycles. The first-order valence-corrected chi connectivity index (χ1v) is 6.05. The van der Waals surface area contributed by atoms with Gasteiger partial charge in [0, 0.05) is 6.54 Å². The Hall–Kier alpha value is -0.470. The van der Waals surface area contributed by atoms with E-state index < -0.39 is 12.1 Å². The Morgan fingerprint density at radius 2 is 2.12 bits per heavy atom. The molecule has 0 amide bonds. The number of alkyl halides is 3. The van der Waals surface area contributed by atoms with Gasteiger partial charge in [0.25, 0.3) is 0 Å². The van der Waals surface area contributed by atoms with Gasteiger partial charge < -0.3 is 5.32 Å². The van der Waals surface area contributed by atoms with Crippen molar-refractivity contribution in [3.8, 4) is 0 Å². The first-order valence-electron chi connectivity index (χ1n) is 4.82. The third-order valence-corrected chi connectivity index (χ3v) is 3.83. The second kappa shape index (κ2) is 4.42. The maximum Gasteiger partial charge on any atom is 0.393 e. The van der Waals surface area contributed by atoms with Crippen LogP contribution < -0.4 is 5.32 Å². The van der Waals surface area contributed by atoms with Gasteiger partial charge in [0.15, 0.2) is 3.95 Å². The lowest BCUT2D eigenvalue weighted by atomic mass is 9.94. The molecular weight excluding hydrogens is 259 g/mol. The molecule has 1 fully saturated rings. The normalized spacial score (nSPS) is 26.9. The summed E-state index contributed by atoms with van der Waals surface area (Å²) in [5.74, 6) is -1.24. The van der Waals surface area contributed by atoms with Crippen molar-refractivity contribution >= 4 is 23.6 Å². The van der Waals surface area contributed by atoms with Gasteiger partial charge in [-0.3, -0.25) is 5.10 Å². The number of nitrogens with one attached hydrogen (secondary N) is 2. The first kappa shape index (κ1) is 12.0. The van der Waals surface area contributed by atoms with Gasteiger partial charge in [0.2, 0.25) is 0 Å². The van der Waals surface area contributed by atoms with Gasteiger partial charge in [0.05, 0.1) is 12.0 Å². The van der Waals surface area contributed by atoms with Crippen LogP contribution in [0.15, 0.2) is 0 Å². The first-order chi connectivity index (χ1) is 7.47. The zero-order valence-corrected chi connectivity index (χ0v) is 9.81. The summed E-state index contributed by atoms with van der Waals surface area (Å²) in [5, 5.41) is 10.2. The number of hydrogen-bond acceptors (Lipinski definition) is 4. The predicted molar refractivity (Wildman–Crippen MR) is 56.8 cm³/mol. The number of rotatable bonds is 1. The molecule has 0 saturated carbocycles. The van der Waals surface area contributed by atoms with E-state index in [4.69, 9.17) is 12.2 Å². The highest BCUT2D eigenvalue weighted by atomic mass is 32.1. The van der Waals surface area contributed by atoms with E-state index in [-0.39, 0.29) is 19.0 Å². The molecular formula is C8H10F3N3S2. The van der Waals surface area contributed by atoms with Crippen molar-refractivity contribution in [2.75, 3.05) is 6.54 Å². The summed E-state index contributed by atoms with van der Waals surface area (Å²) in [7, 11) is 0. The number of nitrogens with zero attached hydrogens (tertiary/aromatic N) is 1. The standard InChI is InChI=1S/C8H10F3N3S2/c9-8(10,11)4-1-2-5(12-3-4)6-13-14-7(15)16-6/h4-5,12H,1-3H2,(H,14,15). The van der Waals surface area contributed by atoms with E-state index >= 15 is 0 Å². The molecule has 8 heteroatoms. The fraction of sp³-hybridized carbons (Fsp3) is 0.750. The molecule has 2 heterocycles. The van der Waals surface area contributed by atoms with Crippen LogP contribution in [0.25, 0.3) is 0 Å². The van der Waals surface area contributed by atoms with Crippen molar-refractivity contribution in [3.63, 3.8) is 0 Å². The molecule has 1 aliphatic heterocycles. The van der Waals surface area contributed by atoms with Crippen LogP contribution in [0.1, 0.15) is 23.9 Å². The van der Waals surface area contributed by atoms with Gasteiger partial charge >= 0.3 is 6.18 Å². The Kier molecular flexibility index (Phi) is 3.32. The number of H-pyrrole nitrogens is 1. The third-order valence-electron chi connectivity index (χ3n) is 2.63. The average molecular weight is 269 g/mol. The van der Waals surface area contributed by atoms with Gasteiger partial charge in [-0.25, -0.2) is 0 Å². The third kappa shape index (κ3) is 2.61. The number of aromatic nitrogens is 2. The summed E-state index contributed by atoms with van der Waals surface area (Å²) in [5.41, 5.74) is 0. The van der Waals surface area contributed by atoms with Crippen LogP contribution in [0, 0.1) is 9.87 Å². The van der Waals surface area contributed by atoms with Crippen molar-refractivity contribution < 1.29 is 13.2 Å². The van der Waals surface area contributed by atoms with Crippen LogP contribution in [-0.2, 0) is 0 Å². The van der Waals surface area contributed by atoms with Gasteiger partial charge in [0.1, 0.15) is 5.01 Å². The van der Waals surface area contributed by atoms with Gasteiger partial charge in [-0.2, -0.15) is 18.3 Å². The lowest BCUT2D eigenvalue weighted by molar-refractivity contribution is -0.179. The SMILES string of the molecule is FC(F)(F)C1CCC(c2n[nH]c(=S)s2)NC1. The van der Waals surface area contributed by atoms with Crippen molar-refractivity contribution in [2.45, 2.75) is 25.1 Å². The average Bonchev–Trinajstić information content (AvgIpc) is 2.64. The lowest BCUT2D eigenvalue weighted by Gasteiger charge is -2.29. The molecule has 0 radical (unpaired) electrons. The highest BCUT2D eigenvalue weighted by molar-refractivity contribution is 7.73. The monoisotopic (exact) mass is 269 g/mol. The van der Waals surface area contributed by atoms with E-state index in [2.05, 4.69) is 15.5 Å². The molecule has 2 atom stereocenters. The summed E-state index contributed by atoms with van der Waals surface area (Å²) in [6.45, 7) is -0.0412. The Labute approximate surface area is 99.1 Å². The highest BCUT2D eigenvalue weighted by Gasteiger charge is 2.41. The molecule has 90 valence electrons. The van der Waals surface area contributed by atoms with Crippen LogP contribution in [0.5, 0.6) is 0 Å². The number of hydrogen-bond donors (Lipinski definition) is 2. The fourth-order valence-corrected chi connectivity index (χ4v) is 2.75. The Balaban J connectivity index is 1.98. The molecule has 1 aromatic heterocycles. The summed E-state index contributed by atoms with van der Waals surface area (Å²) < 4.78 is 37.7. The molecule has 0 aliphatic carbocycles. The molecule has 2 unspecified atom stereocenters. The minimum atomic E-state index is -4.10. The summed E-state index contributed by atoms with van der Waals surface area (Å²) in [6, 6.07) is -0.100. The Morgan fingerprint density at radius 1 is 1.38 bits per heavy atom. The van der Waals surface area contributed by atoms with E-state index in [0.29, 0.717) is 10.4 Å². The number of halogens is 3.